The summed E-state index contributed by atoms with van der Waals surface area (Å²) in [4.78, 5) is 0. The van der Waals surface area contributed by atoms with Gasteiger partial charge in [-0.3, -0.25) is 0 Å². The van der Waals surface area contributed by atoms with Crippen LogP contribution in [0.25, 0.3) is 10.8 Å². The van der Waals surface area contributed by atoms with Gasteiger partial charge in [0.15, 0.2) is 0 Å². The molecule has 106 valence electrons. The van der Waals surface area contributed by atoms with Gasteiger partial charge < -0.3 is 10.4 Å². The van der Waals surface area contributed by atoms with Crippen molar-refractivity contribution in [1.82, 2.24) is 5.32 Å². The number of hydrogen-bond acceptors (Lipinski definition) is 2. The quantitative estimate of drug-likeness (QED) is 0.866. The predicted molar refractivity (Wildman–Crippen MR) is 84.0 cm³/mol. The minimum Gasteiger partial charge on any atom is -0.507 e. The van der Waals surface area contributed by atoms with Crippen LogP contribution < -0.4 is 5.32 Å². The minimum absolute atomic E-state index is 0.185. The Bertz CT molecular complexity index is 607. The second-order valence-corrected chi connectivity index (χ2v) is 6.13. The lowest BCUT2D eigenvalue weighted by Gasteiger charge is -2.24. The maximum absolute atomic E-state index is 10.5. The zero-order valence-corrected chi connectivity index (χ0v) is 12.3. The molecule has 3 rings (SSSR count). The standard InChI is InChI=1S/C18H23NO/c1-12-6-5-9-17(12)19-13(2)15-11-10-14-7-3-4-8-16(14)18(15)20/h3-4,7-8,10-13,17,19-20H,5-6,9H2,1-2H3. The van der Waals surface area contributed by atoms with Crippen LogP contribution in [0.4, 0.5) is 0 Å². The highest BCUT2D eigenvalue weighted by Gasteiger charge is 2.25. The van der Waals surface area contributed by atoms with Crippen LogP contribution in [0.3, 0.4) is 0 Å². The molecule has 1 saturated carbocycles. The summed E-state index contributed by atoms with van der Waals surface area (Å²) >= 11 is 0. The van der Waals surface area contributed by atoms with Crippen molar-refractivity contribution < 1.29 is 5.11 Å². The molecule has 3 atom stereocenters. The Kier molecular flexibility index (Phi) is 3.66. The lowest BCUT2D eigenvalue weighted by molar-refractivity contribution is 0.379. The summed E-state index contributed by atoms with van der Waals surface area (Å²) in [5.74, 6) is 1.16. The summed E-state index contributed by atoms with van der Waals surface area (Å²) in [6, 6.07) is 12.9. The van der Waals surface area contributed by atoms with Gasteiger partial charge in [0.05, 0.1) is 0 Å². The third kappa shape index (κ3) is 2.40. The smallest absolute Gasteiger partial charge is 0.128 e. The zero-order chi connectivity index (χ0) is 14.1. The molecule has 2 aromatic rings. The molecule has 0 aliphatic heterocycles. The molecule has 3 unspecified atom stereocenters. The molecule has 1 aliphatic rings. The van der Waals surface area contributed by atoms with Crippen molar-refractivity contribution in [2.45, 2.75) is 45.2 Å². The molecule has 0 amide bonds. The number of nitrogens with one attached hydrogen (secondary N) is 1. The second-order valence-electron chi connectivity index (χ2n) is 6.13. The van der Waals surface area contributed by atoms with Crippen LogP contribution in [0.2, 0.25) is 0 Å². The first-order valence-corrected chi connectivity index (χ1v) is 7.63. The van der Waals surface area contributed by atoms with Gasteiger partial charge in [-0.1, -0.05) is 49.7 Å². The number of phenolic OH excluding ortho intramolecular Hbond substituents is 1. The van der Waals surface area contributed by atoms with Crippen LogP contribution in [0, 0.1) is 5.92 Å². The van der Waals surface area contributed by atoms with Crippen molar-refractivity contribution in [3.8, 4) is 5.75 Å². The van der Waals surface area contributed by atoms with E-state index in [1.165, 1.54) is 19.3 Å². The van der Waals surface area contributed by atoms with Crippen LogP contribution >= 0.6 is 0 Å². The highest BCUT2D eigenvalue weighted by molar-refractivity contribution is 5.89. The van der Waals surface area contributed by atoms with Gasteiger partial charge >= 0.3 is 0 Å². The fraction of sp³-hybridized carbons (Fsp3) is 0.444. The summed E-state index contributed by atoms with van der Waals surface area (Å²) in [6.45, 7) is 4.46. The largest absolute Gasteiger partial charge is 0.507 e. The summed E-state index contributed by atoms with van der Waals surface area (Å²) in [5.41, 5.74) is 1.00. The van der Waals surface area contributed by atoms with Gasteiger partial charge in [-0.05, 0) is 31.1 Å². The normalized spacial score (nSPS) is 24.1. The van der Waals surface area contributed by atoms with Crippen LogP contribution in [-0.2, 0) is 0 Å². The molecule has 1 fully saturated rings. The Morgan fingerprint density at radius 3 is 2.70 bits per heavy atom. The number of rotatable bonds is 3. The van der Waals surface area contributed by atoms with E-state index in [1.807, 2.05) is 24.3 Å². The number of benzene rings is 2. The van der Waals surface area contributed by atoms with Crippen molar-refractivity contribution >= 4 is 10.8 Å². The van der Waals surface area contributed by atoms with Crippen LogP contribution in [0.1, 0.15) is 44.7 Å². The fourth-order valence-electron chi connectivity index (χ4n) is 3.43. The van der Waals surface area contributed by atoms with Gasteiger partial charge in [-0.2, -0.15) is 0 Å². The van der Waals surface area contributed by atoms with Crippen LogP contribution in [0.15, 0.2) is 36.4 Å². The van der Waals surface area contributed by atoms with Gasteiger partial charge in [-0.15, -0.1) is 0 Å². The van der Waals surface area contributed by atoms with Crippen molar-refractivity contribution in [2.75, 3.05) is 0 Å². The van der Waals surface area contributed by atoms with Gasteiger partial charge in [-0.25, -0.2) is 0 Å². The van der Waals surface area contributed by atoms with E-state index >= 15 is 0 Å². The van der Waals surface area contributed by atoms with E-state index in [0.29, 0.717) is 11.8 Å². The van der Waals surface area contributed by atoms with Gasteiger partial charge in [0.2, 0.25) is 0 Å². The molecule has 0 saturated heterocycles. The maximum atomic E-state index is 10.5. The zero-order valence-electron chi connectivity index (χ0n) is 12.3. The first-order chi connectivity index (χ1) is 9.66. The number of aromatic hydroxyl groups is 1. The monoisotopic (exact) mass is 269 g/mol. The maximum Gasteiger partial charge on any atom is 0.128 e. The number of fused-ring (bicyclic) bond motifs is 1. The Balaban J connectivity index is 1.87. The van der Waals surface area contributed by atoms with Gasteiger partial charge in [0, 0.05) is 23.0 Å². The van der Waals surface area contributed by atoms with E-state index < -0.39 is 0 Å². The molecule has 2 nitrogen and oxygen atoms in total. The van der Waals surface area contributed by atoms with Crippen LogP contribution in [-0.4, -0.2) is 11.1 Å². The van der Waals surface area contributed by atoms with E-state index in [4.69, 9.17) is 0 Å². The Hall–Kier alpha value is -1.54. The molecule has 1 aliphatic carbocycles. The highest BCUT2D eigenvalue weighted by Crippen LogP contribution is 2.34. The molecular weight excluding hydrogens is 246 g/mol. The lowest BCUT2D eigenvalue weighted by atomic mass is 9.99. The molecule has 2 N–H and O–H groups in total. The topological polar surface area (TPSA) is 32.3 Å². The number of hydrogen-bond donors (Lipinski definition) is 2. The number of phenols is 1. The lowest BCUT2D eigenvalue weighted by Crippen LogP contribution is -2.33. The fourth-order valence-corrected chi connectivity index (χ4v) is 3.43. The van der Waals surface area contributed by atoms with Crippen molar-refractivity contribution in [2.24, 2.45) is 5.92 Å². The molecular formula is C18H23NO. The average molecular weight is 269 g/mol. The van der Waals surface area contributed by atoms with E-state index in [9.17, 15) is 5.11 Å². The van der Waals surface area contributed by atoms with E-state index in [0.717, 1.165) is 22.3 Å². The summed E-state index contributed by atoms with van der Waals surface area (Å²) in [5, 5.41) is 16.2. The van der Waals surface area contributed by atoms with Crippen molar-refractivity contribution in [1.29, 1.82) is 0 Å². The van der Waals surface area contributed by atoms with E-state index in [2.05, 4.69) is 31.3 Å². The Labute approximate surface area is 120 Å². The molecule has 2 heteroatoms. The molecule has 0 radical (unpaired) electrons. The predicted octanol–water partition coefficient (Wildman–Crippen LogP) is 4.38. The summed E-state index contributed by atoms with van der Waals surface area (Å²) in [7, 11) is 0. The molecule has 2 aromatic carbocycles. The summed E-state index contributed by atoms with van der Waals surface area (Å²) < 4.78 is 0. The Morgan fingerprint density at radius 2 is 1.95 bits per heavy atom. The minimum atomic E-state index is 0.185. The molecule has 0 aromatic heterocycles. The van der Waals surface area contributed by atoms with Crippen molar-refractivity contribution in [3.05, 3.63) is 42.0 Å². The van der Waals surface area contributed by atoms with E-state index in [1.54, 1.807) is 0 Å². The third-order valence-corrected chi connectivity index (χ3v) is 4.72. The van der Waals surface area contributed by atoms with Gasteiger partial charge in [0.25, 0.3) is 0 Å². The van der Waals surface area contributed by atoms with Crippen molar-refractivity contribution in [3.63, 3.8) is 0 Å². The molecule has 0 bridgehead atoms. The first-order valence-electron chi connectivity index (χ1n) is 7.63. The summed E-state index contributed by atoms with van der Waals surface area (Å²) in [6.07, 6.45) is 3.88. The van der Waals surface area contributed by atoms with Gasteiger partial charge in [0.1, 0.15) is 5.75 Å². The highest BCUT2D eigenvalue weighted by atomic mass is 16.3. The first kappa shape index (κ1) is 13.4. The Morgan fingerprint density at radius 1 is 1.15 bits per heavy atom. The van der Waals surface area contributed by atoms with Crippen LogP contribution in [0.5, 0.6) is 5.75 Å². The average Bonchev–Trinajstić information content (AvgIpc) is 2.85. The SMILES string of the molecule is CC(NC1CCCC1C)c1ccc2ccccc2c1O. The molecule has 20 heavy (non-hydrogen) atoms. The molecule has 0 heterocycles. The van der Waals surface area contributed by atoms with E-state index in [-0.39, 0.29) is 6.04 Å². The second kappa shape index (κ2) is 5.45. The third-order valence-electron chi connectivity index (χ3n) is 4.72. The molecule has 0 spiro atoms.